The number of carbonyl (C=O) groups excluding carboxylic acids is 1. The van der Waals surface area contributed by atoms with Crippen LogP contribution in [0.2, 0.25) is 0 Å². The highest BCUT2D eigenvalue weighted by Gasteiger charge is 2.09. The minimum atomic E-state index is -0.248. The summed E-state index contributed by atoms with van der Waals surface area (Å²) in [4.78, 5) is 12.0. The Bertz CT molecular complexity index is 591. The lowest BCUT2D eigenvalue weighted by atomic mass is 10.1. The quantitative estimate of drug-likeness (QED) is 0.888. The molecule has 2 N–H and O–H groups in total. The maximum atomic E-state index is 12.0. The molecule has 2 aromatic rings. The monoisotopic (exact) mass is 257 g/mol. The van der Waals surface area contributed by atoms with Gasteiger partial charge in [-0.05, 0) is 37.3 Å². The lowest BCUT2D eigenvalue weighted by Gasteiger charge is -2.08. The first-order chi connectivity index (χ1) is 9.10. The standard InChI is InChI=1S/C15H15NO3/c1-10-3-6-12(7-4-10)16-15(18)11-5-8-13(17)14(9-11)19-2/h3-9,17H,1-2H3,(H,16,18). The smallest absolute Gasteiger partial charge is 0.255 e. The van der Waals surface area contributed by atoms with Crippen LogP contribution in [0.1, 0.15) is 15.9 Å². The van der Waals surface area contributed by atoms with E-state index in [0.29, 0.717) is 5.56 Å². The number of phenolic OH excluding ortho intramolecular Hbond substituents is 1. The zero-order valence-electron chi connectivity index (χ0n) is 10.8. The van der Waals surface area contributed by atoms with Crippen molar-refractivity contribution in [3.8, 4) is 11.5 Å². The molecule has 0 saturated heterocycles. The molecule has 0 aliphatic carbocycles. The third-order valence-electron chi connectivity index (χ3n) is 2.75. The second-order valence-corrected chi connectivity index (χ2v) is 4.21. The van der Waals surface area contributed by atoms with Crippen molar-refractivity contribution in [2.45, 2.75) is 6.92 Å². The van der Waals surface area contributed by atoms with Gasteiger partial charge >= 0.3 is 0 Å². The van der Waals surface area contributed by atoms with Crippen LogP contribution >= 0.6 is 0 Å². The number of amides is 1. The second-order valence-electron chi connectivity index (χ2n) is 4.21. The number of rotatable bonds is 3. The fourth-order valence-corrected chi connectivity index (χ4v) is 1.66. The zero-order valence-corrected chi connectivity index (χ0v) is 10.8. The van der Waals surface area contributed by atoms with Crippen molar-refractivity contribution in [1.29, 1.82) is 0 Å². The van der Waals surface area contributed by atoms with Crippen LogP contribution in [-0.4, -0.2) is 18.1 Å². The predicted octanol–water partition coefficient (Wildman–Crippen LogP) is 2.96. The summed E-state index contributed by atoms with van der Waals surface area (Å²) in [6.07, 6.45) is 0. The topological polar surface area (TPSA) is 58.6 Å². The Morgan fingerprint density at radius 1 is 1.16 bits per heavy atom. The minimum Gasteiger partial charge on any atom is -0.504 e. The number of nitrogens with one attached hydrogen (secondary N) is 1. The number of phenols is 1. The number of aryl methyl sites for hydroxylation is 1. The zero-order chi connectivity index (χ0) is 13.8. The minimum absolute atomic E-state index is 0.00869. The highest BCUT2D eigenvalue weighted by Crippen LogP contribution is 2.26. The van der Waals surface area contributed by atoms with Gasteiger partial charge in [-0.3, -0.25) is 4.79 Å². The molecule has 0 spiro atoms. The lowest BCUT2D eigenvalue weighted by molar-refractivity contribution is 0.102. The van der Waals surface area contributed by atoms with Crippen LogP contribution in [-0.2, 0) is 0 Å². The van der Waals surface area contributed by atoms with Crippen LogP contribution in [0.3, 0.4) is 0 Å². The maximum Gasteiger partial charge on any atom is 0.255 e. The number of anilines is 1. The van der Waals surface area contributed by atoms with E-state index in [-0.39, 0.29) is 17.4 Å². The summed E-state index contributed by atoms with van der Waals surface area (Å²) in [5, 5.41) is 12.3. The number of benzene rings is 2. The van der Waals surface area contributed by atoms with E-state index in [1.54, 1.807) is 6.07 Å². The Morgan fingerprint density at radius 3 is 2.47 bits per heavy atom. The first-order valence-electron chi connectivity index (χ1n) is 5.85. The molecule has 0 heterocycles. The van der Waals surface area contributed by atoms with Gasteiger partial charge in [0, 0.05) is 11.3 Å². The van der Waals surface area contributed by atoms with Gasteiger partial charge in [-0.25, -0.2) is 0 Å². The molecule has 0 saturated carbocycles. The number of carbonyl (C=O) groups is 1. The van der Waals surface area contributed by atoms with E-state index in [1.165, 1.54) is 19.2 Å². The van der Waals surface area contributed by atoms with Gasteiger partial charge in [-0.1, -0.05) is 17.7 Å². The molecule has 2 rings (SSSR count). The normalized spacial score (nSPS) is 10.0. The van der Waals surface area contributed by atoms with Crippen LogP contribution in [0.25, 0.3) is 0 Å². The van der Waals surface area contributed by atoms with Crippen molar-refractivity contribution < 1.29 is 14.6 Å². The van der Waals surface area contributed by atoms with E-state index in [1.807, 2.05) is 31.2 Å². The van der Waals surface area contributed by atoms with Crippen LogP contribution in [0.4, 0.5) is 5.69 Å². The maximum absolute atomic E-state index is 12.0. The van der Waals surface area contributed by atoms with E-state index >= 15 is 0 Å². The van der Waals surface area contributed by atoms with Crippen molar-refractivity contribution in [2.24, 2.45) is 0 Å². The van der Waals surface area contributed by atoms with Crippen molar-refractivity contribution in [3.05, 3.63) is 53.6 Å². The largest absolute Gasteiger partial charge is 0.504 e. The molecule has 0 unspecified atom stereocenters. The van der Waals surface area contributed by atoms with Gasteiger partial charge in [-0.15, -0.1) is 0 Å². The van der Waals surface area contributed by atoms with Crippen LogP contribution < -0.4 is 10.1 Å². The van der Waals surface area contributed by atoms with E-state index < -0.39 is 0 Å². The fraction of sp³-hybridized carbons (Fsp3) is 0.133. The Hall–Kier alpha value is -2.49. The Balaban J connectivity index is 2.18. The van der Waals surface area contributed by atoms with Crippen molar-refractivity contribution in [1.82, 2.24) is 0 Å². The first-order valence-corrected chi connectivity index (χ1v) is 5.85. The summed E-state index contributed by atoms with van der Waals surface area (Å²) in [5.74, 6) is 0.0353. The number of methoxy groups -OCH3 is 1. The summed E-state index contributed by atoms with van der Waals surface area (Å²) >= 11 is 0. The van der Waals surface area contributed by atoms with Crippen molar-refractivity contribution in [2.75, 3.05) is 12.4 Å². The molecule has 0 radical (unpaired) electrons. The van der Waals surface area contributed by atoms with E-state index in [0.717, 1.165) is 11.3 Å². The van der Waals surface area contributed by atoms with E-state index in [2.05, 4.69) is 5.32 Å². The molecule has 0 bridgehead atoms. The van der Waals surface area contributed by atoms with Gasteiger partial charge in [0.15, 0.2) is 11.5 Å². The molecule has 1 amide bonds. The molecule has 0 aromatic heterocycles. The van der Waals surface area contributed by atoms with Crippen LogP contribution in [0.15, 0.2) is 42.5 Å². The molecule has 98 valence electrons. The highest BCUT2D eigenvalue weighted by atomic mass is 16.5. The SMILES string of the molecule is COc1cc(C(=O)Nc2ccc(C)cc2)ccc1O. The summed E-state index contributed by atoms with van der Waals surface area (Å²) in [6, 6.07) is 12.0. The average molecular weight is 257 g/mol. The molecule has 0 aliphatic rings. The molecule has 0 atom stereocenters. The van der Waals surface area contributed by atoms with Crippen molar-refractivity contribution >= 4 is 11.6 Å². The third kappa shape index (κ3) is 3.04. The van der Waals surface area contributed by atoms with Gasteiger partial charge < -0.3 is 15.2 Å². The average Bonchev–Trinajstić information content (AvgIpc) is 2.42. The molecular formula is C15H15NO3. The number of hydrogen-bond acceptors (Lipinski definition) is 3. The van der Waals surface area contributed by atoms with Gasteiger partial charge in [0.25, 0.3) is 5.91 Å². The van der Waals surface area contributed by atoms with E-state index in [9.17, 15) is 9.90 Å². The Kier molecular flexibility index (Phi) is 3.71. The summed E-state index contributed by atoms with van der Waals surface area (Å²) in [6.45, 7) is 1.98. The molecular weight excluding hydrogens is 242 g/mol. The second kappa shape index (κ2) is 5.44. The lowest BCUT2D eigenvalue weighted by Crippen LogP contribution is -2.11. The highest BCUT2D eigenvalue weighted by molar-refractivity contribution is 6.04. The number of aromatic hydroxyl groups is 1. The van der Waals surface area contributed by atoms with Gasteiger partial charge in [0.1, 0.15) is 0 Å². The molecule has 0 aliphatic heterocycles. The summed E-state index contributed by atoms with van der Waals surface area (Å²) in [5.41, 5.74) is 2.28. The van der Waals surface area contributed by atoms with Gasteiger partial charge in [0.2, 0.25) is 0 Å². The molecule has 0 fully saturated rings. The fourth-order valence-electron chi connectivity index (χ4n) is 1.66. The summed E-state index contributed by atoms with van der Waals surface area (Å²) < 4.78 is 4.97. The van der Waals surface area contributed by atoms with Gasteiger partial charge in [-0.2, -0.15) is 0 Å². The predicted molar refractivity (Wildman–Crippen MR) is 73.8 cm³/mol. The number of ether oxygens (including phenoxy) is 1. The summed E-state index contributed by atoms with van der Waals surface area (Å²) in [7, 11) is 1.44. The van der Waals surface area contributed by atoms with Crippen molar-refractivity contribution in [3.63, 3.8) is 0 Å². The Morgan fingerprint density at radius 2 is 1.84 bits per heavy atom. The number of hydrogen-bond donors (Lipinski definition) is 2. The van der Waals surface area contributed by atoms with Crippen LogP contribution in [0, 0.1) is 6.92 Å². The first kappa shape index (κ1) is 13.0. The van der Waals surface area contributed by atoms with E-state index in [4.69, 9.17) is 4.74 Å². The molecule has 4 heteroatoms. The molecule has 19 heavy (non-hydrogen) atoms. The van der Waals surface area contributed by atoms with Gasteiger partial charge in [0.05, 0.1) is 7.11 Å². The Labute approximate surface area is 111 Å². The molecule has 4 nitrogen and oxygen atoms in total. The third-order valence-corrected chi connectivity index (χ3v) is 2.75. The van der Waals surface area contributed by atoms with Crippen LogP contribution in [0.5, 0.6) is 11.5 Å². The molecule has 2 aromatic carbocycles.